The molecule has 10 heteroatoms. The zero-order valence-electron chi connectivity index (χ0n) is 18.0. The van der Waals surface area contributed by atoms with Gasteiger partial charge in [-0.2, -0.15) is 4.98 Å². The van der Waals surface area contributed by atoms with E-state index in [0.717, 1.165) is 59.3 Å². The summed E-state index contributed by atoms with van der Waals surface area (Å²) in [6.45, 7) is 0. The molecule has 1 aliphatic carbocycles. The van der Waals surface area contributed by atoms with Crippen LogP contribution in [0.3, 0.4) is 0 Å². The third kappa shape index (κ3) is 3.53. The molecule has 0 aliphatic heterocycles. The zero-order valence-corrected chi connectivity index (χ0v) is 18.7. The van der Waals surface area contributed by atoms with Crippen LogP contribution in [0.1, 0.15) is 31.7 Å². The van der Waals surface area contributed by atoms with E-state index in [-0.39, 0.29) is 6.04 Å². The zero-order chi connectivity index (χ0) is 22.4. The Labute approximate surface area is 194 Å². The molecule has 1 aliphatic rings. The molecular formula is C23H21ClN8O. The summed E-state index contributed by atoms with van der Waals surface area (Å²) in [6, 6.07) is 5.82. The number of rotatable bonds is 4. The van der Waals surface area contributed by atoms with Crippen LogP contribution in [0.2, 0.25) is 5.02 Å². The van der Waals surface area contributed by atoms with E-state index in [9.17, 15) is 0 Å². The van der Waals surface area contributed by atoms with Crippen molar-refractivity contribution < 1.29 is 4.74 Å². The largest absolute Gasteiger partial charge is 0.381 e. The van der Waals surface area contributed by atoms with Gasteiger partial charge in [-0.25, -0.2) is 24.9 Å². The first kappa shape index (κ1) is 20.2. The monoisotopic (exact) mass is 460 g/mol. The summed E-state index contributed by atoms with van der Waals surface area (Å²) in [4.78, 5) is 27.3. The highest BCUT2D eigenvalue weighted by atomic mass is 35.5. The minimum absolute atomic E-state index is 0.244. The first-order valence-electron chi connectivity index (χ1n) is 10.9. The maximum atomic E-state index is 6.23. The van der Waals surface area contributed by atoms with Crippen molar-refractivity contribution in [1.29, 1.82) is 0 Å². The Balaban J connectivity index is 1.52. The van der Waals surface area contributed by atoms with E-state index in [1.54, 1.807) is 32.0 Å². The summed E-state index contributed by atoms with van der Waals surface area (Å²) in [7, 11) is 1.78. The van der Waals surface area contributed by atoms with Crippen molar-refractivity contribution >= 4 is 33.8 Å². The number of nitrogens with zero attached hydrogens (tertiary/aromatic N) is 8. The van der Waals surface area contributed by atoms with Gasteiger partial charge in [-0.3, -0.25) is 4.57 Å². The predicted molar refractivity (Wildman–Crippen MR) is 124 cm³/mol. The fourth-order valence-electron chi connectivity index (χ4n) is 4.64. The van der Waals surface area contributed by atoms with Gasteiger partial charge < -0.3 is 9.30 Å². The Morgan fingerprint density at radius 1 is 0.970 bits per heavy atom. The molecule has 1 aromatic carbocycles. The predicted octanol–water partition coefficient (Wildman–Crippen LogP) is 4.41. The van der Waals surface area contributed by atoms with Crippen molar-refractivity contribution in [3.8, 4) is 17.3 Å². The van der Waals surface area contributed by atoms with Crippen LogP contribution < -0.4 is 0 Å². The molecule has 0 spiro atoms. The lowest BCUT2D eigenvalue weighted by molar-refractivity contribution is 0.0590. The van der Waals surface area contributed by atoms with Crippen LogP contribution in [0.5, 0.6) is 0 Å². The Bertz CT molecular complexity index is 1440. The standard InChI is InChI=1S/C23H21ClN8O/c1-33-17-5-3-16(4-6-17)32-21(14-9-25-12-26-10-14)29-19-11-27-23(30-22(19)32)31-13-28-18-7-2-15(24)8-20(18)31/h2,7-13,16-17H,3-6H2,1H3. The highest BCUT2D eigenvalue weighted by Gasteiger charge is 2.27. The lowest BCUT2D eigenvalue weighted by Crippen LogP contribution is -2.23. The van der Waals surface area contributed by atoms with Crippen molar-refractivity contribution in [2.24, 2.45) is 0 Å². The Kier molecular flexibility index (Phi) is 5.00. The quantitative estimate of drug-likeness (QED) is 0.392. The van der Waals surface area contributed by atoms with Gasteiger partial charge in [-0.05, 0) is 43.9 Å². The number of benzene rings is 1. The SMILES string of the molecule is COC1CCC(n2c(-c3cncnc3)nc3cnc(-n4cnc5ccc(Cl)cc54)nc32)CC1. The molecule has 4 heterocycles. The number of aromatic nitrogens is 8. The van der Waals surface area contributed by atoms with E-state index < -0.39 is 0 Å². The summed E-state index contributed by atoms with van der Waals surface area (Å²) < 4.78 is 9.66. The lowest BCUT2D eigenvalue weighted by Gasteiger charge is -2.29. The third-order valence-corrected chi connectivity index (χ3v) is 6.54. The van der Waals surface area contributed by atoms with E-state index in [4.69, 9.17) is 26.3 Å². The number of hydrogen-bond donors (Lipinski definition) is 0. The molecule has 0 radical (unpaired) electrons. The Hall–Kier alpha value is -3.43. The van der Waals surface area contributed by atoms with Gasteiger partial charge in [0.2, 0.25) is 5.95 Å². The fourth-order valence-corrected chi connectivity index (χ4v) is 4.81. The van der Waals surface area contributed by atoms with Gasteiger partial charge in [0.25, 0.3) is 0 Å². The summed E-state index contributed by atoms with van der Waals surface area (Å²) in [6.07, 6.45) is 12.8. The molecule has 166 valence electrons. The molecule has 33 heavy (non-hydrogen) atoms. The molecule has 0 atom stereocenters. The van der Waals surface area contributed by atoms with E-state index in [0.29, 0.717) is 17.1 Å². The maximum absolute atomic E-state index is 6.23. The fraction of sp³-hybridized carbons (Fsp3) is 0.304. The van der Waals surface area contributed by atoms with Gasteiger partial charge in [0, 0.05) is 30.6 Å². The molecule has 1 saturated carbocycles. The average molecular weight is 461 g/mol. The van der Waals surface area contributed by atoms with Crippen LogP contribution in [0.15, 0.2) is 49.4 Å². The molecular weight excluding hydrogens is 440 g/mol. The lowest BCUT2D eigenvalue weighted by atomic mass is 9.92. The van der Waals surface area contributed by atoms with Crippen molar-refractivity contribution in [1.82, 2.24) is 39.0 Å². The molecule has 0 amide bonds. The molecule has 1 fully saturated rings. The molecule has 0 saturated heterocycles. The van der Waals surface area contributed by atoms with Gasteiger partial charge in [0.15, 0.2) is 5.65 Å². The summed E-state index contributed by atoms with van der Waals surface area (Å²) in [5.74, 6) is 1.33. The minimum atomic E-state index is 0.244. The topological polar surface area (TPSA) is 96.4 Å². The van der Waals surface area contributed by atoms with E-state index >= 15 is 0 Å². The van der Waals surface area contributed by atoms with Crippen LogP contribution in [0.25, 0.3) is 39.5 Å². The first-order valence-corrected chi connectivity index (χ1v) is 11.2. The van der Waals surface area contributed by atoms with Gasteiger partial charge in [-0.1, -0.05) is 11.6 Å². The van der Waals surface area contributed by atoms with Crippen LogP contribution in [-0.2, 0) is 4.74 Å². The molecule has 9 nitrogen and oxygen atoms in total. The van der Waals surface area contributed by atoms with E-state index in [1.807, 2.05) is 22.8 Å². The van der Waals surface area contributed by atoms with Crippen molar-refractivity contribution in [2.45, 2.75) is 37.8 Å². The normalized spacial score (nSPS) is 18.8. The van der Waals surface area contributed by atoms with Crippen LogP contribution in [0.4, 0.5) is 0 Å². The molecule has 6 rings (SSSR count). The van der Waals surface area contributed by atoms with Gasteiger partial charge in [-0.15, -0.1) is 0 Å². The number of hydrogen-bond acceptors (Lipinski definition) is 7. The number of fused-ring (bicyclic) bond motifs is 2. The second-order valence-electron chi connectivity index (χ2n) is 8.23. The van der Waals surface area contributed by atoms with Crippen LogP contribution in [0, 0.1) is 0 Å². The maximum Gasteiger partial charge on any atom is 0.237 e. The molecule has 0 N–H and O–H groups in total. The average Bonchev–Trinajstić information content (AvgIpc) is 3.45. The summed E-state index contributed by atoms with van der Waals surface area (Å²) in [5, 5.41) is 0.636. The van der Waals surface area contributed by atoms with Crippen molar-refractivity contribution in [3.63, 3.8) is 0 Å². The highest BCUT2D eigenvalue weighted by Crippen LogP contribution is 2.36. The van der Waals surface area contributed by atoms with Gasteiger partial charge >= 0.3 is 0 Å². The number of methoxy groups -OCH3 is 1. The van der Waals surface area contributed by atoms with Crippen molar-refractivity contribution in [3.05, 3.63) is 54.5 Å². The van der Waals surface area contributed by atoms with Gasteiger partial charge in [0.1, 0.15) is 24.0 Å². The summed E-state index contributed by atoms with van der Waals surface area (Å²) >= 11 is 6.23. The molecule has 4 aromatic heterocycles. The third-order valence-electron chi connectivity index (χ3n) is 6.31. The smallest absolute Gasteiger partial charge is 0.237 e. The number of ether oxygens (including phenoxy) is 1. The van der Waals surface area contributed by atoms with Crippen LogP contribution >= 0.6 is 11.6 Å². The first-order chi connectivity index (χ1) is 16.2. The Morgan fingerprint density at radius 3 is 2.58 bits per heavy atom. The minimum Gasteiger partial charge on any atom is -0.381 e. The molecule has 0 bridgehead atoms. The summed E-state index contributed by atoms with van der Waals surface area (Å²) in [5.41, 5.74) is 4.05. The second-order valence-corrected chi connectivity index (χ2v) is 8.66. The van der Waals surface area contributed by atoms with Gasteiger partial charge in [0.05, 0.1) is 28.9 Å². The molecule has 0 unspecified atom stereocenters. The van der Waals surface area contributed by atoms with Crippen molar-refractivity contribution in [2.75, 3.05) is 7.11 Å². The number of halogens is 1. The second kappa shape index (κ2) is 8.17. The molecule has 5 aromatic rings. The highest BCUT2D eigenvalue weighted by molar-refractivity contribution is 6.31. The number of imidazole rings is 2. The van der Waals surface area contributed by atoms with E-state index in [1.165, 1.54) is 6.33 Å². The van der Waals surface area contributed by atoms with E-state index in [2.05, 4.69) is 24.5 Å². The Morgan fingerprint density at radius 2 is 1.79 bits per heavy atom. The van der Waals surface area contributed by atoms with Crippen LogP contribution in [-0.4, -0.2) is 52.3 Å².